The lowest BCUT2D eigenvalue weighted by atomic mass is 10.1. The van der Waals surface area contributed by atoms with E-state index in [0.717, 1.165) is 0 Å². The van der Waals surface area contributed by atoms with Gasteiger partial charge in [-0.25, -0.2) is 4.39 Å². The van der Waals surface area contributed by atoms with Crippen molar-refractivity contribution in [3.05, 3.63) is 35.1 Å². The first kappa shape index (κ1) is 10.8. The molecule has 0 saturated heterocycles. The Balaban J connectivity index is 2.99. The van der Waals surface area contributed by atoms with E-state index in [-0.39, 0.29) is 24.5 Å². The van der Waals surface area contributed by atoms with Gasteiger partial charge in [-0.3, -0.25) is 4.79 Å². The molecule has 3 nitrogen and oxygen atoms in total. The van der Waals surface area contributed by atoms with Crippen molar-refractivity contribution in [1.29, 1.82) is 0 Å². The van der Waals surface area contributed by atoms with E-state index >= 15 is 0 Å². The summed E-state index contributed by atoms with van der Waals surface area (Å²) in [6.07, 6.45) is 0. The Hall–Kier alpha value is -1.26. The van der Waals surface area contributed by atoms with Crippen LogP contribution in [0.2, 0.25) is 0 Å². The predicted octanol–water partition coefficient (Wildman–Crippen LogP) is 0.720. The second kappa shape index (κ2) is 4.83. The number of Topliss-reactive ketones (excluding diaryl/α,β-unsaturated/α-hetero) is 1. The van der Waals surface area contributed by atoms with Crippen molar-refractivity contribution in [2.45, 2.75) is 6.61 Å². The Morgan fingerprint density at radius 3 is 2.86 bits per heavy atom. The topological polar surface area (TPSA) is 49.3 Å². The minimum absolute atomic E-state index is 0.0194. The molecule has 0 aliphatic rings. The SMILES string of the molecule is CNCC(=O)c1cc(CO)ccc1F. The predicted molar refractivity (Wildman–Crippen MR) is 50.6 cm³/mol. The Bertz CT molecular complexity index is 339. The maximum Gasteiger partial charge on any atom is 0.179 e. The van der Waals surface area contributed by atoms with Crippen molar-refractivity contribution >= 4 is 5.78 Å². The molecule has 0 amide bonds. The van der Waals surface area contributed by atoms with Crippen molar-refractivity contribution in [3.8, 4) is 0 Å². The van der Waals surface area contributed by atoms with Crippen LogP contribution in [-0.4, -0.2) is 24.5 Å². The summed E-state index contributed by atoms with van der Waals surface area (Å²) >= 11 is 0. The summed E-state index contributed by atoms with van der Waals surface area (Å²) in [6, 6.07) is 4.01. The summed E-state index contributed by atoms with van der Waals surface area (Å²) < 4.78 is 13.1. The molecule has 0 bridgehead atoms. The van der Waals surface area contributed by atoms with Crippen molar-refractivity contribution in [2.75, 3.05) is 13.6 Å². The van der Waals surface area contributed by atoms with Gasteiger partial charge in [0.25, 0.3) is 0 Å². The number of hydrogen-bond donors (Lipinski definition) is 2. The van der Waals surface area contributed by atoms with E-state index < -0.39 is 5.82 Å². The van der Waals surface area contributed by atoms with Crippen molar-refractivity contribution < 1.29 is 14.3 Å². The molecular formula is C10H12FNO2. The van der Waals surface area contributed by atoms with Gasteiger partial charge in [-0.2, -0.15) is 0 Å². The molecule has 0 radical (unpaired) electrons. The number of aliphatic hydroxyl groups is 1. The van der Waals surface area contributed by atoms with Gasteiger partial charge < -0.3 is 10.4 Å². The zero-order valence-electron chi connectivity index (χ0n) is 7.88. The number of halogens is 1. The number of benzene rings is 1. The van der Waals surface area contributed by atoms with Gasteiger partial charge in [-0.1, -0.05) is 6.07 Å². The highest BCUT2D eigenvalue weighted by atomic mass is 19.1. The number of carbonyl (C=O) groups excluding carboxylic acids is 1. The van der Waals surface area contributed by atoms with Gasteiger partial charge in [0, 0.05) is 0 Å². The normalized spacial score (nSPS) is 10.2. The molecule has 0 saturated carbocycles. The van der Waals surface area contributed by atoms with Crippen molar-refractivity contribution in [3.63, 3.8) is 0 Å². The smallest absolute Gasteiger partial charge is 0.179 e. The molecule has 1 aromatic carbocycles. The van der Waals surface area contributed by atoms with Gasteiger partial charge in [0.2, 0.25) is 0 Å². The van der Waals surface area contributed by atoms with Gasteiger partial charge in [-0.05, 0) is 24.7 Å². The van der Waals surface area contributed by atoms with E-state index in [0.29, 0.717) is 5.56 Å². The second-order valence-electron chi connectivity index (χ2n) is 2.93. The average molecular weight is 197 g/mol. The minimum Gasteiger partial charge on any atom is -0.392 e. The van der Waals surface area contributed by atoms with Gasteiger partial charge in [-0.15, -0.1) is 0 Å². The molecule has 0 atom stereocenters. The first-order valence-corrected chi connectivity index (χ1v) is 4.26. The lowest BCUT2D eigenvalue weighted by molar-refractivity contribution is 0.0989. The third-order valence-corrected chi connectivity index (χ3v) is 1.85. The molecule has 4 heteroatoms. The third-order valence-electron chi connectivity index (χ3n) is 1.85. The molecule has 76 valence electrons. The van der Waals surface area contributed by atoms with Crippen LogP contribution in [0.25, 0.3) is 0 Å². The average Bonchev–Trinajstić information content (AvgIpc) is 2.19. The molecule has 2 N–H and O–H groups in total. The van der Waals surface area contributed by atoms with Crippen LogP contribution >= 0.6 is 0 Å². The highest BCUT2D eigenvalue weighted by Gasteiger charge is 2.10. The summed E-state index contributed by atoms with van der Waals surface area (Å²) in [5.74, 6) is -0.872. The van der Waals surface area contributed by atoms with Crippen LogP contribution in [-0.2, 0) is 6.61 Å². The lowest BCUT2D eigenvalue weighted by Gasteiger charge is -2.03. The number of aliphatic hydroxyl groups excluding tert-OH is 1. The van der Waals surface area contributed by atoms with Crippen LogP contribution in [0, 0.1) is 5.82 Å². The van der Waals surface area contributed by atoms with Crippen LogP contribution < -0.4 is 5.32 Å². The maximum atomic E-state index is 13.1. The summed E-state index contributed by atoms with van der Waals surface area (Å²) in [7, 11) is 1.62. The van der Waals surface area contributed by atoms with Crippen LogP contribution in [0.4, 0.5) is 4.39 Å². The molecule has 0 spiro atoms. The number of carbonyl (C=O) groups is 1. The lowest BCUT2D eigenvalue weighted by Crippen LogP contribution is -2.19. The Labute approximate surface area is 81.6 Å². The third kappa shape index (κ3) is 2.37. The Morgan fingerprint density at radius 1 is 1.57 bits per heavy atom. The van der Waals surface area contributed by atoms with Gasteiger partial charge in [0.15, 0.2) is 5.78 Å². The quantitative estimate of drug-likeness (QED) is 0.699. The second-order valence-corrected chi connectivity index (χ2v) is 2.93. The zero-order chi connectivity index (χ0) is 10.6. The number of rotatable bonds is 4. The Morgan fingerprint density at radius 2 is 2.29 bits per heavy atom. The monoisotopic (exact) mass is 197 g/mol. The van der Waals surface area contributed by atoms with Crippen LogP contribution in [0.5, 0.6) is 0 Å². The fraction of sp³-hybridized carbons (Fsp3) is 0.300. The molecule has 0 aromatic heterocycles. The summed E-state index contributed by atoms with van der Waals surface area (Å²) in [5, 5.41) is 11.5. The number of likely N-dealkylation sites (N-methyl/N-ethyl adjacent to an activating group) is 1. The molecule has 0 fully saturated rings. The van der Waals surface area contributed by atoms with Gasteiger partial charge in [0.1, 0.15) is 5.82 Å². The summed E-state index contributed by atoms with van der Waals surface area (Å²) in [4.78, 5) is 11.3. The first-order chi connectivity index (χ1) is 6.69. The molecule has 1 rings (SSSR count). The maximum absolute atomic E-state index is 13.1. The van der Waals surface area contributed by atoms with E-state index in [2.05, 4.69) is 5.32 Å². The van der Waals surface area contributed by atoms with Crippen LogP contribution in [0.1, 0.15) is 15.9 Å². The molecule has 14 heavy (non-hydrogen) atoms. The van der Waals surface area contributed by atoms with Crippen LogP contribution in [0.15, 0.2) is 18.2 Å². The van der Waals surface area contributed by atoms with E-state index in [1.54, 1.807) is 7.05 Å². The number of ketones is 1. The molecular weight excluding hydrogens is 185 g/mol. The largest absolute Gasteiger partial charge is 0.392 e. The zero-order valence-corrected chi connectivity index (χ0v) is 7.88. The molecule has 0 aliphatic heterocycles. The molecule has 0 aliphatic carbocycles. The van der Waals surface area contributed by atoms with E-state index in [4.69, 9.17) is 5.11 Å². The standard InChI is InChI=1S/C10H12FNO2/c1-12-5-10(14)8-4-7(6-13)2-3-9(8)11/h2-4,12-13H,5-6H2,1H3. The summed E-state index contributed by atoms with van der Waals surface area (Å²) in [5.41, 5.74) is 0.553. The van der Waals surface area contributed by atoms with E-state index in [9.17, 15) is 9.18 Å². The Kier molecular flexibility index (Phi) is 3.73. The fourth-order valence-electron chi connectivity index (χ4n) is 1.14. The highest BCUT2D eigenvalue weighted by molar-refractivity contribution is 5.98. The summed E-state index contributed by atoms with van der Waals surface area (Å²) in [6.45, 7) is -0.105. The minimum atomic E-state index is -0.553. The van der Waals surface area contributed by atoms with E-state index in [1.807, 2.05) is 0 Å². The molecule has 0 heterocycles. The highest BCUT2D eigenvalue weighted by Crippen LogP contribution is 2.11. The molecule has 1 aromatic rings. The van der Waals surface area contributed by atoms with E-state index in [1.165, 1.54) is 18.2 Å². The van der Waals surface area contributed by atoms with Crippen LogP contribution in [0.3, 0.4) is 0 Å². The first-order valence-electron chi connectivity index (χ1n) is 4.26. The number of nitrogens with one attached hydrogen (secondary N) is 1. The van der Waals surface area contributed by atoms with Crippen molar-refractivity contribution in [1.82, 2.24) is 5.32 Å². The van der Waals surface area contributed by atoms with Crippen molar-refractivity contribution in [2.24, 2.45) is 0 Å². The fourth-order valence-corrected chi connectivity index (χ4v) is 1.14. The molecule has 0 unspecified atom stereocenters. The van der Waals surface area contributed by atoms with Gasteiger partial charge >= 0.3 is 0 Å². The number of hydrogen-bond acceptors (Lipinski definition) is 3. The van der Waals surface area contributed by atoms with Gasteiger partial charge in [0.05, 0.1) is 18.7 Å².